The van der Waals surface area contributed by atoms with Crippen molar-refractivity contribution in [3.05, 3.63) is 96.7 Å². The number of carbonyl (C=O) groups excluding carboxylic acids is 2. The summed E-state index contributed by atoms with van der Waals surface area (Å²) in [5.41, 5.74) is 6.14. The van der Waals surface area contributed by atoms with E-state index in [1.807, 2.05) is 72.8 Å². The van der Waals surface area contributed by atoms with Gasteiger partial charge in [-0.3, -0.25) is 14.6 Å². The highest BCUT2D eigenvalue weighted by Crippen LogP contribution is 2.27. The predicted molar refractivity (Wildman–Crippen MR) is 118 cm³/mol. The second kappa shape index (κ2) is 8.79. The summed E-state index contributed by atoms with van der Waals surface area (Å²) >= 11 is 0. The van der Waals surface area contributed by atoms with Crippen LogP contribution < -0.4 is 10.7 Å². The molecule has 2 amide bonds. The maximum atomic E-state index is 12.3. The Bertz CT molecular complexity index is 1240. The van der Waals surface area contributed by atoms with E-state index >= 15 is 0 Å². The molecule has 30 heavy (non-hydrogen) atoms. The Labute approximate surface area is 173 Å². The van der Waals surface area contributed by atoms with E-state index in [2.05, 4.69) is 20.8 Å². The minimum Gasteiger partial charge on any atom is -0.317 e. The summed E-state index contributed by atoms with van der Waals surface area (Å²) in [6, 6.07) is 26.5. The number of fused-ring (bicyclic) bond motifs is 1. The van der Waals surface area contributed by atoms with Gasteiger partial charge in [0, 0.05) is 28.4 Å². The van der Waals surface area contributed by atoms with Crippen LogP contribution in [0.4, 0.5) is 5.69 Å². The van der Waals surface area contributed by atoms with Crippen molar-refractivity contribution in [2.75, 3.05) is 5.32 Å². The lowest BCUT2D eigenvalue weighted by atomic mass is 10.0. The van der Waals surface area contributed by atoms with Crippen LogP contribution in [-0.2, 0) is 9.59 Å². The van der Waals surface area contributed by atoms with E-state index < -0.39 is 11.8 Å². The van der Waals surface area contributed by atoms with E-state index in [4.69, 9.17) is 0 Å². The lowest BCUT2D eigenvalue weighted by molar-refractivity contribution is -0.136. The number of nitrogens with zero attached hydrogens (tertiary/aromatic N) is 2. The first-order valence-corrected chi connectivity index (χ1v) is 9.34. The molecule has 3 aromatic carbocycles. The quantitative estimate of drug-likeness (QED) is 0.312. The van der Waals surface area contributed by atoms with Gasteiger partial charge in [0.1, 0.15) is 0 Å². The molecule has 1 aromatic heterocycles. The van der Waals surface area contributed by atoms with Gasteiger partial charge in [0.05, 0.1) is 11.7 Å². The van der Waals surface area contributed by atoms with E-state index in [0.29, 0.717) is 11.3 Å². The van der Waals surface area contributed by atoms with Gasteiger partial charge in [-0.1, -0.05) is 66.7 Å². The summed E-state index contributed by atoms with van der Waals surface area (Å²) in [4.78, 5) is 28.8. The SMILES string of the molecule is O=C(N/N=C/c1cnc2ccccc2c1)C(=O)Nc1ccccc1-c1ccccc1. The summed E-state index contributed by atoms with van der Waals surface area (Å²) in [6.45, 7) is 0. The molecule has 6 heteroatoms. The van der Waals surface area contributed by atoms with Crippen LogP contribution in [0.15, 0.2) is 96.2 Å². The van der Waals surface area contributed by atoms with Crippen LogP contribution in [0, 0.1) is 0 Å². The van der Waals surface area contributed by atoms with Crippen LogP contribution in [0.25, 0.3) is 22.0 Å². The van der Waals surface area contributed by atoms with Gasteiger partial charge in [0.2, 0.25) is 0 Å². The van der Waals surface area contributed by atoms with Crippen molar-refractivity contribution in [3.8, 4) is 11.1 Å². The van der Waals surface area contributed by atoms with Gasteiger partial charge in [0.15, 0.2) is 0 Å². The molecule has 0 saturated heterocycles. The smallest absolute Gasteiger partial charge is 0.317 e. The molecule has 0 atom stereocenters. The Morgan fingerprint density at radius 3 is 2.43 bits per heavy atom. The lowest BCUT2D eigenvalue weighted by Crippen LogP contribution is -2.32. The van der Waals surface area contributed by atoms with Gasteiger partial charge in [0.25, 0.3) is 0 Å². The Kier molecular flexibility index (Phi) is 5.57. The predicted octanol–water partition coefficient (Wildman–Crippen LogP) is 3.99. The number of anilines is 1. The van der Waals surface area contributed by atoms with Crippen molar-refractivity contribution < 1.29 is 9.59 Å². The summed E-state index contributed by atoms with van der Waals surface area (Å²) in [5, 5.41) is 7.47. The molecule has 0 spiro atoms. The number of hydrogen-bond donors (Lipinski definition) is 2. The Morgan fingerprint density at radius 1 is 0.833 bits per heavy atom. The molecule has 4 rings (SSSR count). The molecule has 0 radical (unpaired) electrons. The number of hydrogen-bond acceptors (Lipinski definition) is 4. The van der Waals surface area contributed by atoms with E-state index in [1.165, 1.54) is 6.21 Å². The van der Waals surface area contributed by atoms with E-state index in [0.717, 1.165) is 22.0 Å². The zero-order chi connectivity index (χ0) is 20.8. The highest BCUT2D eigenvalue weighted by atomic mass is 16.2. The Hall–Kier alpha value is -4.32. The molecule has 1 heterocycles. The summed E-state index contributed by atoms with van der Waals surface area (Å²) in [7, 11) is 0. The van der Waals surface area contributed by atoms with Crippen LogP contribution in [0.1, 0.15) is 5.56 Å². The second-order valence-corrected chi connectivity index (χ2v) is 6.53. The van der Waals surface area contributed by atoms with Crippen molar-refractivity contribution in [2.45, 2.75) is 0 Å². The fourth-order valence-electron chi connectivity index (χ4n) is 3.02. The Morgan fingerprint density at radius 2 is 1.57 bits per heavy atom. The highest BCUT2D eigenvalue weighted by Gasteiger charge is 2.15. The number of carbonyl (C=O) groups is 2. The van der Waals surface area contributed by atoms with Crippen LogP contribution in [0.2, 0.25) is 0 Å². The van der Waals surface area contributed by atoms with Crippen LogP contribution in [0.3, 0.4) is 0 Å². The molecule has 0 bridgehead atoms. The second-order valence-electron chi connectivity index (χ2n) is 6.53. The number of benzene rings is 3. The third-order valence-electron chi connectivity index (χ3n) is 4.46. The van der Waals surface area contributed by atoms with Crippen molar-refractivity contribution in [3.63, 3.8) is 0 Å². The summed E-state index contributed by atoms with van der Waals surface area (Å²) in [6.07, 6.45) is 3.09. The first kappa shape index (κ1) is 19.0. The minimum absolute atomic E-state index is 0.548. The number of pyridine rings is 1. The van der Waals surface area contributed by atoms with Gasteiger partial charge < -0.3 is 5.32 Å². The van der Waals surface area contributed by atoms with Gasteiger partial charge in [-0.25, -0.2) is 5.43 Å². The average Bonchev–Trinajstić information content (AvgIpc) is 2.80. The number of amides is 2. The van der Waals surface area contributed by atoms with Crippen LogP contribution in [-0.4, -0.2) is 23.0 Å². The number of para-hydroxylation sites is 2. The molecule has 2 N–H and O–H groups in total. The number of hydrazone groups is 1. The van der Waals surface area contributed by atoms with Gasteiger partial charge in [-0.05, 0) is 23.8 Å². The van der Waals surface area contributed by atoms with E-state index in [9.17, 15) is 9.59 Å². The lowest BCUT2D eigenvalue weighted by Gasteiger charge is -2.10. The van der Waals surface area contributed by atoms with E-state index in [-0.39, 0.29) is 0 Å². The monoisotopic (exact) mass is 394 g/mol. The molecule has 146 valence electrons. The normalized spacial score (nSPS) is 10.8. The number of aromatic nitrogens is 1. The molecule has 4 aromatic rings. The van der Waals surface area contributed by atoms with Crippen molar-refractivity contribution in [1.29, 1.82) is 0 Å². The molecule has 0 unspecified atom stereocenters. The largest absolute Gasteiger partial charge is 0.329 e. The molecular formula is C24H18N4O2. The van der Waals surface area contributed by atoms with Gasteiger partial charge in [-0.15, -0.1) is 0 Å². The topological polar surface area (TPSA) is 83.5 Å². The van der Waals surface area contributed by atoms with Crippen LogP contribution >= 0.6 is 0 Å². The molecule has 0 aliphatic heterocycles. The van der Waals surface area contributed by atoms with Crippen molar-refractivity contribution in [1.82, 2.24) is 10.4 Å². The van der Waals surface area contributed by atoms with Gasteiger partial charge >= 0.3 is 11.8 Å². The fourth-order valence-corrected chi connectivity index (χ4v) is 3.02. The molecule has 6 nitrogen and oxygen atoms in total. The molecule has 0 aliphatic rings. The third-order valence-corrected chi connectivity index (χ3v) is 4.46. The van der Waals surface area contributed by atoms with E-state index in [1.54, 1.807) is 18.3 Å². The third kappa shape index (κ3) is 4.39. The highest BCUT2D eigenvalue weighted by molar-refractivity contribution is 6.39. The first-order valence-electron chi connectivity index (χ1n) is 9.34. The average molecular weight is 394 g/mol. The molecule has 0 fully saturated rings. The molecule has 0 saturated carbocycles. The maximum Gasteiger partial charge on any atom is 0.329 e. The Balaban J connectivity index is 1.42. The van der Waals surface area contributed by atoms with Gasteiger partial charge in [-0.2, -0.15) is 5.10 Å². The van der Waals surface area contributed by atoms with Crippen molar-refractivity contribution in [2.24, 2.45) is 5.10 Å². The number of rotatable bonds is 4. The molecule has 0 aliphatic carbocycles. The number of nitrogens with one attached hydrogen (secondary N) is 2. The van der Waals surface area contributed by atoms with Crippen LogP contribution in [0.5, 0.6) is 0 Å². The zero-order valence-electron chi connectivity index (χ0n) is 15.9. The molecular weight excluding hydrogens is 376 g/mol. The summed E-state index contributed by atoms with van der Waals surface area (Å²) < 4.78 is 0. The summed E-state index contributed by atoms with van der Waals surface area (Å²) in [5.74, 6) is -1.66. The fraction of sp³-hybridized carbons (Fsp3) is 0. The maximum absolute atomic E-state index is 12.3. The standard InChI is InChI=1S/C24H18N4O2/c29-23(27-22-13-7-5-11-20(22)18-8-2-1-3-9-18)24(30)28-26-16-17-14-19-10-4-6-12-21(19)25-15-17/h1-16H,(H,27,29)(H,28,30)/b26-16+. The first-order chi connectivity index (χ1) is 14.7. The van der Waals surface area contributed by atoms with Crippen molar-refractivity contribution >= 4 is 34.6 Å². The zero-order valence-corrected chi connectivity index (χ0v) is 15.9. The minimum atomic E-state index is -0.858.